The number of rotatable bonds is 5. The maximum atomic E-state index is 13.6. The number of aryl methyl sites for hydroxylation is 2. The van der Waals surface area contributed by atoms with Gasteiger partial charge in [-0.1, -0.05) is 17.7 Å². The highest BCUT2D eigenvalue weighted by molar-refractivity contribution is 6.31. The van der Waals surface area contributed by atoms with Crippen LogP contribution in [-0.2, 0) is 16.1 Å². The van der Waals surface area contributed by atoms with Gasteiger partial charge >= 0.3 is 0 Å². The quantitative estimate of drug-likeness (QED) is 0.785. The van der Waals surface area contributed by atoms with Crippen molar-refractivity contribution in [3.8, 4) is 0 Å². The first-order valence-electron chi connectivity index (χ1n) is 8.58. The fraction of sp³-hybridized carbons (Fsp3) is 0.250. The second-order valence-electron chi connectivity index (χ2n) is 6.55. The highest BCUT2D eigenvalue weighted by Crippen LogP contribution is 2.26. The number of halogens is 3. The summed E-state index contributed by atoms with van der Waals surface area (Å²) in [4.78, 5) is 14.0. The lowest BCUT2D eigenvalue weighted by Crippen LogP contribution is -2.54. The first-order chi connectivity index (χ1) is 13.3. The molecule has 2 aromatic carbocycles. The Bertz CT molecular complexity index is 949. The molecule has 8 heteroatoms. The molecule has 1 aliphatic heterocycles. The van der Waals surface area contributed by atoms with E-state index >= 15 is 0 Å². The van der Waals surface area contributed by atoms with Gasteiger partial charge in [0.15, 0.2) is 23.7 Å². The third kappa shape index (κ3) is 4.20. The second kappa shape index (κ2) is 8.06. The van der Waals surface area contributed by atoms with Gasteiger partial charge in [0, 0.05) is 17.3 Å². The molecule has 1 unspecified atom stereocenters. The normalized spacial score (nSPS) is 16.5. The Morgan fingerprint density at radius 3 is 2.61 bits per heavy atom. The number of methoxy groups -OCH3 is 1. The van der Waals surface area contributed by atoms with E-state index in [0.717, 1.165) is 28.9 Å². The third-order valence-corrected chi connectivity index (χ3v) is 4.88. The van der Waals surface area contributed by atoms with Gasteiger partial charge in [0.2, 0.25) is 0 Å². The molecule has 28 heavy (non-hydrogen) atoms. The fourth-order valence-electron chi connectivity index (χ4n) is 2.90. The van der Waals surface area contributed by atoms with Gasteiger partial charge < -0.3 is 20.3 Å². The van der Waals surface area contributed by atoms with Crippen molar-refractivity contribution in [2.75, 3.05) is 12.4 Å². The number of nitrogens with zero attached hydrogens (tertiary/aromatic N) is 1. The molecule has 0 saturated heterocycles. The van der Waals surface area contributed by atoms with E-state index in [9.17, 15) is 13.6 Å². The van der Waals surface area contributed by atoms with E-state index in [1.807, 2.05) is 26.0 Å². The molecule has 2 aromatic rings. The van der Waals surface area contributed by atoms with E-state index in [4.69, 9.17) is 16.3 Å². The van der Waals surface area contributed by atoms with Crippen LogP contribution in [0.1, 0.15) is 16.7 Å². The van der Waals surface area contributed by atoms with E-state index in [0.29, 0.717) is 10.6 Å². The summed E-state index contributed by atoms with van der Waals surface area (Å²) in [7, 11) is 1.39. The summed E-state index contributed by atoms with van der Waals surface area (Å²) in [5, 5.41) is 6.71. The molecule has 1 aliphatic rings. The lowest BCUT2D eigenvalue weighted by Gasteiger charge is -2.36. The molecule has 0 aliphatic carbocycles. The van der Waals surface area contributed by atoms with Crippen LogP contribution in [0, 0.1) is 25.5 Å². The zero-order valence-corrected chi connectivity index (χ0v) is 16.4. The van der Waals surface area contributed by atoms with Crippen molar-refractivity contribution in [2.24, 2.45) is 0 Å². The van der Waals surface area contributed by atoms with Crippen molar-refractivity contribution in [2.45, 2.75) is 26.7 Å². The van der Waals surface area contributed by atoms with Crippen molar-refractivity contribution in [3.05, 3.63) is 75.6 Å². The van der Waals surface area contributed by atoms with Gasteiger partial charge in [-0.15, -0.1) is 0 Å². The number of hydrogen-bond acceptors (Lipinski definition) is 4. The smallest absolute Gasteiger partial charge is 0.290 e. The van der Waals surface area contributed by atoms with Crippen LogP contribution in [0.3, 0.4) is 0 Å². The van der Waals surface area contributed by atoms with E-state index in [2.05, 4.69) is 10.6 Å². The summed E-state index contributed by atoms with van der Waals surface area (Å²) in [5.74, 6) is -2.11. The zero-order chi connectivity index (χ0) is 20.4. The average molecular weight is 408 g/mol. The average Bonchev–Trinajstić information content (AvgIpc) is 2.64. The summed E-state index contributed by atoms with van der Waals surface area (Å²) < 4.78 is 31.9. The highest BCUT2D eigenvalue weighted by Gasteiger charge is 2.28. The van der Waals surface area contributed by atoms with E-state index in [-0.39, 0.29) is 18.2 Å². The van der Waals surface area contributed by atoms with Crippen LogP contribution in [0.2, 0.25) is 5.02 Å². The first-order valence-corrected chi connectivity index (χ1v) is 8.96. The fourth-order valence-corrected chi connectivity index (χ4v) is 3.11. The topological polar surface area (TPSA) is 53.6 Å². The predicted molar refractivity (Wildman–Crippen MR) is 103 cm³/mol. The molecule has 1 amide bonds. The molecule has 0 saturated carbocycles. The van der Waals surface area contributed by atoms with Crippen LogP contribution in [0.4, 0.5) is 14.5 Å². The van der Waals surface area contributed by atoms with Gasteiger partial charge in [-0.2, -0.15) is 0 Å². The minimum Gasteiger partial charge on any atom is -0.490 e. The number of nitrogens with one attached hydrogen (secondary N) is 2. The molecule has 5 nitrogen and oxygen atoms in total. The van der Waals surface area contributed by atoms with Crippen LogP contribution in [0.25, 0.3) is 0 Å². The summed E-state index contributed by atoms with van der Waals surface area (Å²) in [6, 6.07) is 7.41. The van der Waals surface area contributed by atoms with Crippen LogP contribution in [0.5, 0.6) is 0 Å². The lowest BCUT2D eigenvalue weighted by atomic mass is 10.1. The molecule has 1 atom stereocenters. The molecule has 0 spiro atoms. The molecule has 1 heterocycles. The monoisotopic (exact) mass is 407 g/mol. The molecule has 3 rings (SSSR count). The summed E-state index contributed by atoms with van der Waals surface area (Å²) in [5.41, 5.74) is 3.12. The number of ether oxygens (including phenoxy) is 1. The Balaban J connectivity index is 1.91. The van der Waals surface area contributed by atoms with Gasteiger partial charge in [-0.25, -0.2) is 8.78 Å². The third-order valence-electron chi connectivity index (χ3n) is 4.47. The maximum absolute atomic E-state index is 13.6. The molecule has 0 aromatic heterocycles. The Morgan fingerprint density at radius 2 is 1.93 bits per heavy atom. The Morgan fingerprint density at radius 1 is 1.18 bits per heavy atom. The lowest BCUT2D eigenvalue weighted by molar-refractivity contribution is -0.123. The maximum Gasteiger partial charge on any atom is 0.290 e. The van der Waals surface area contributed by atoms with Gasteiger partial charge in [0.05, 0.1) is 13.3 Å². The zero-order valence-electron chi connectivity index (χ0n) is 15.6. The number of benzene rings is 2. The molecular formula is C20H20ClF2N3O2. The van der Waals surface area contributed by atoms with Crippen LogP contribution in [-0.4, -0.2) is 24.2 Å². The minimum atomic E-state index is -0.928. The number of carbonyl (C=O) groups is 1. The number of carbonyl (C=O) groups excluding carboxylic acids is 1. The number of hydrogen-bond donors (Lipinski definition) is 2. The van der Waals surface area contributed by atoms with Crippen molar-refractivity contribution in [1.29, 1.82) is 0 Å². The Kier molecular flexibility index (Phi) is 5.74. The second-order valence-corrected chi connectivity index (χ2v) is 6.96. The van der Waals surface area contributed by atoms with E-state index in [1.165, 1.54) is 19.4 Å². The van der Waals surface area contributed by atoms with Gasteiger partial charge in [-0.05, 0) is 54.8 Å². The number of amides is 1. The summed E-state index contributed by atoms with van der Waals surface area (Å²) in [6.45, 7) is 4.00. The molecule has 0 radical (unpaired) electrons. The predicted octanol–water partition coefficient (Wildman–Crippen LogP) is 4.05. The van der Waals surface area contributed by atoms with Gasteiger partial charge in [0.25, 0.3) is 5.91 Å². The summed E-state index contributed by atoms with van der Waals surface area (Å²) in [6.07, 6.45) is 0.911. The van der Waals surface area contributed by atoms with Crippen LogP contribution in [0.15, 0.2) is 42.3 Å². The number of anilines is 1. The largest absolute Gasteiger partial charge is 0.490 e. The van der Waals surface area contributed by atoms with Crippen molar-refractivity contribution in [1.82, 2.24) is 10.2 Å². The highest BCUT2D eigenvalue weighted by atomic mass is 35.5. The van der Waals surface area contributed by atoms with Crippen LogP contribution < -0.4 is 10.6 Å². The first kappa shape index (κ1) is 19.9. The van der Waals surface area contributed by atoms with Crippen molar-refractivity contribution < 1.29 is 18.3 Å². The van der Waals surface area contributed by atoms with Gasteiger partial charge in [0.1, 0.15) is 0 Å². The molecule has 0 fully saturated rings. The molecular weight excluding hydrogens is 388 g/mol. The molecule has 0 bridgehead atoms. The minimum absolute atomic E-state index is 0.115. The van der Waals surface area contributed by atoms with Crippen molar-refractivity contribution >= 4 is 23.2 Å². The molecule has 2 N–H and O–H groups in total. The Labute approximate surface area is 166 Å². The summed E-state index contributed by atoms with van der Waals surface area (Å²) >= 11 is 6.15. The van der Waals surface area contributed by atoms with Gasteiger partial charge in [-0.3, -0.25) is 4.79 Å². The molecule has 148 valence electrons. The van der Waals surface area contributed by atoms with E-state index in [1.54, 1.807) is 4.90 Å². The van der Waals surface area contributed by atoms with E-state index < -0.39 is 17.9 Å². The standard InChI is InChI=1S/C20H20ClF2N3O2/c1-11-7-17(12(2)6-14(11)21)24-20-25-19(27)18(28-3)10-26(20)9-13-4-5-15(22)16(23)8-13/h4-8,10,20,24H,9H2,1-3H3,(H,25,27). The Hall–Kier alpha value is -2.80. The van der Waals surface area contributed by atoms with Crippen molar-refractivity contribution in [3.63, 3.8) is 0 Å². The van der Waals surface area contributed by atoms with Crippen LogP contribution >= 0.6 is 11.6 Å². The SMILES string of the molecule is COC1=CN(Cc2ccc(F)c(F)c2)C(Nc2cc(C)c(Cl)cc2C)NC1=O.